The van der Waals surface area contributed by atoms with Gasteiger partial charge in [-0.1, -0.05) is 48.5 Å². The number of rotatable bonds is 5. The molecule has 0 saturated carbocycles. The van der Waals surface area contributed by atoms with E-state index in [4.69, 9.17) is 4.74 Å². The molecule has 0 unspecified atom stereocenters. The van der Waals surface area contributed by atoms with Crippen molar-refractivity contribution in [2.75, 3.05) is 7.11 Å². The molecular weight excluding hydrogens is 412 g/mol. The molecule has 0 heterocycles. The molecule has 0 aliphatic carbocycles. The topological polar surface area (TPSA) is 43.4 Å². The lowest BCUT2D eigenvalue weighted by molar-refractivity contribution is 0.415. The summed E-state index contributed by atoms with van der Waals surface area (Å²) in [6.45, 7) is 0. The van der Waals surface area contributed by atoms with E-state index in [1.165, 1.54) is 0 Å². The second kappa shape index (κ2) is 7.89. The summed E-state index contributed by atoms with van der Waals surface area (Å²) >= 11 is 3.53. The first-order valence-electron chi connectivity index (χ1n) is 7.94. The number of hydrogen-bond acceptors (Lipinski definition) is 3. The van der Waals surface area contributed by atoms with Crippen LogP contribution in [0.5, 0.6) is 5.75 Å². The Balaban J connectivity index is 2.26. The van der Waals surface area contributed by atoms with Crippen molar-refractivity contribution in [2.45, 2.75) is 4.90 Å². The molecule has 0 atom stereocenters. The van der Waals surface area contributed by atoms with Crippen LogP contribution in [0.2, 0.25) is 0 Å². The first-order valence-corrected chi connectivity index (χ1v) is 10.2. The van der Waals surface area contributed by atoms with Gasteiger partial charge in [-0.2, -0.15) is 0 Å². The lowest BCUT2D eigenvalue weighted by Gasteiger charge is -2.14. The third-order valence-electron chi connectivity index (χ3n) is 3.90. The van der Waals surface area contributed by atoms with E-state index in [9.17, 15) is 8.42 Å². The van der Waals surface area contributed by atoms with Gasteiger partial charge in [-0.15, -0.1) is 0 Å². The van der Waals surface area contributed by atoms with Crippen LogP contribution in [0, 0.1) is 0 Å². The van der Waals surface area contributed by atoms with Gasteiger partial charge in [0.15, 0.2) is 0 Å². The average Bonchev–Trinajstić information content (AvgIpc) is 2.70. The molecule has 0 saturated heterocycles. The Morgan fingerprint density at radius 3 is 1.85 bits per heavy atom. The van der Waals surface area contributed by atoms with Crippen LogP contribution in [0.15, 0.2) is 89.8 Å². The molecule has 0 radical (unpaired) electrons. The molecule has 26 heavy (non-hydrogen) atoms. The van der Waals surface area contributed by atoms with Gasteiger partial charge >= 0.3 is 0 Å². The SMILES string of the molecule is COc1ccc(/C(=C(/Br)c2ccccc2)S(=O)(=O)c2ccccc2)cc1. The monoisotopic (exact) mass is 428 g/mol. The van der Waals surface area contributed by atoms with Gasteiger partial charge in [0.2, 0.25) is 9.84 Å². The molecule has 0 spiro atoms. The molecule has 3 aromatic carbocycles. The summed E-state index contributed by atoms with van der Waals surface area (Å²) in [6, 6.07) is 24.8. The van der Waals surface area contributed by atoms with Gasteiger partial charge in [-0.3, -0.25) is 0 Å². The largest absolute Gasteiger partial charge is 0.497 e. The zero-order valence-electron chi connectivity index (χ0n) is 14.1. The van der Waals surface area contributed by atoms with Crippen molar-refractivity contribution in [3.8, 4) is 5.75 Å². The molecule has 0 bridgehead atoms. The van der Waals surface area contributed by atoms with Crippen LogP contribution in [-0.2, 0) is 9.84 Å². The summed E-state index contributed by atoms with van der Waals surface area (Å²) in [5.74, 6) is 0.668. The lowest BCUT2D eigenvalue weighted by Crippen LogP contribution is -2.06. The number of methoxy groups -OCH3 is 1. The number of hydrogen-bond donors (Lipinski definition) is 0. The van der Waals surface area contributed by atoms with Crippen LogP contribution in [0.3, 0.4) is 0 Å². The van der Waals surface area contributed by atoms with Crippen molar-refractivity contribution in [2.24, 2.45) is 0 Å². The third kappa shape index (κ3) is 3.74. The highest BCUT2D eigenvalue weighted by Crippen LogP contribution is 2.38. The van der Waals surface area contributed by atoms with Crippen molar-refractivity contribution < 1.29 is 13.2 Å². The van der Waals surface area contributed by atoms with E-state index >= 15 is 0 Å². The standard InChI is InChI=1S/C21H17BrO3S/c1-25-18-14-12-17(13-15-18)21(20(22)16-8-4-2-5-9-16)26(23,24)19-10-6-3-7-11-19/h2-15H,1H3/b21-20-. The van der Waals surface area contributed by atoms with Gasteiger partial charge in [-0.25, -0.2) is 8.42 Å². The fourth-order valence-corrected chi connectivity index (χ4v) is 5.26. The number of benzene rings is 3. The minimum absolute atomic E-state index is 0.220. The number of halogens is 1. The van der Waals surface area contributed by atoms with Gasteiger partial charge in [0.25, 0.3) is 0 Å². The molecule has 0 aromatic heterocycles. The highest BCUT2D eigenvalue weighted by molar-refractivity contribution is 9.15. The van der Waals surface area contributed by atoms with Crippen LogP contribution in [-0.4, -0.2) is 15.5 Å². The summed E-state index contributed by atoms with van der Waals surface area (Å²) < 4.78 is 32.5. The zero-order valence-corrected chi connectivity index (χ0v) is 16.5. The van der Waals surface area contributed by atoms with E-state index in [0.717, 1.165) is 5.56 Å². The van der Waals surface area contributed by atoms with Crippen molar-refractivity contribution in [3.63, 3.8) is 0 Å². The molecule has 3 nitrogen and oxygen atoms in total. The van der Waals surface area contributed by atoms with E-state index < -0.39 is 9.84 Å². The van der Waals surface area contributed by atoms with Crippen LogP contribution < -0.4 is 4.74 Å². The lowest BCUT2D eigenvalue weighted by atomic mass is 10.1. The van der Waals surface area contributed by atoms with E-state index in [1.54, 1.807) is 61.7 Å². The number of sulfone groups is 1. The molecule has 0 aliphatic rings. The molecule has 5 heteroatoms. The summed E-state index contributed by atoms with van der Waals surface area (Å²) in [5, 5.41) is 0. The minimum Gasteiger partial charge on any atom is -0.497 e. The Hall–Kier alpha value is -2.37. The van der Waals surface area contributed by atoms with E-state index in [-0.39, 0.29) is 9.80 Å². The Morgan fingerprint density at radius 2 is 1.31 bits per heavy atom. The summed E-state index contributed by atoms with van der Waals surface area (Å²) in [5.41, 5.74) is 1.38. The van der Waals surface area contributed by atoms with E-state index in [2.05, 4.69) is 15.9 Å². The molecule has 0 aliphatic heterocycles. The van der Waals surface area contributed by atoms with Gasteiger partial charge in [0.05, 0.1) is 16.9 Å². The molecular formula is C21H17BrO3S. The molecule has 0 N–H and O–H groups in total. The smallest absolute Gasteiger partial charge is 0.208 e. The summed E-state index contributed by atoms with van der Waals surface area (Å²) in [7, 11) is -2.15. The van der Waals surface area contributed by atoms with Gasteiger partial charge in [0, 0.05) is 4.48 Å². The first kappa shape index (κ1) is 18.4. The van der Waals surface area contributed by atoms with Crippen LogP contribution in [0.1, 0.15) is 11.1 Å². The van der Waals surface area contributed by atoms with E-state index in [0.29, 0.717) is 15.8 Å². The summed E-state index contributed by atoms with van der Waals surface area (Å²) in [6.07, 6.45) is 0. The zero-order chi connectivity index (χ0) is 18.6. The molecule has 0 fully saturated rings. The maximum Gasteiger partial charge on any atom is 0.208 e. The third-order valence-corrected chi connectivity index (χ3v) is 6.89. The maximum absolute atomic E-state index is 13.4. The number of ether oxygens (including phenoxy) is 1. The Labute approximate surface area is 162 Å². The molecule has 132 valence electrons. The van der Waals surface area contributed by atoms with Gasteiger partial charge in [-0.05, 0) is 63.5 Å². The highest BCUT2D eigenvalue weighted by atomic mass is 79.9. The van der Waals surface area contributed by atoms with Gasteiger partial charge in [0.1, 0.15) is 5.75 Å². The van der Waals surface area contributed by atoms with Crippen molar-refractivity contribution in [1.82, 2.24) is 0 Å². The van der Waals surface area contributed by atoms with Crippen LogP contribution in [0.4, 0.5) is 0 Å². The summed E-state index contributed by atoms with van der Waals surface area (Å²) in [4.78, 5) is 0.469. The highest BCUT2D eigenvalue weighted by Gasteiger charge is 2.26. The average molecular weight is 429 g/mol. The van der Waals surface area contributed by atoms with E-state index in [1.807, 2.05) is 30.3 Å². The predicted octanol–water partition coefficient (Wildman–Crippen LogP) is 5.39. The fraction of sp³-hybridized carbons (Fsp3) is 0.0476. The Morgan fingerprint density at radius 1 is 0.769 bits per heavy atom. The molecule has 3 aromatic rings. The maximum atomic E-state index is 13.4. The van der Waals surface area contributed by atoms with Crippen molar-refractivity contribution >= 4 is 35.2 Å². The molecule has 3 rings (SSSR count). The molecule has 0 amide bonds. The fourth-order valence-electron chi connectivity index (χ4n) is 2.58. The Kier molecular flexibility index (Phi) is 5.59. The minimum atomic E-state index is -3.73. The van der Waals surface area contributed by atoms with Crippen molar-refractivity contribution in [3.05, 3.63) is 96.1 Å². The second-order valence-corrected chi connectivity index (χ2v) is 8.23. The quantitative estimate of drug-likeness (QED) is 0.511. The van der Waals surface area contributed by atoms with Gasteiger partial charge < -0.3 is 4.74 Å². The Bertz CT molecular complexity index is 1010. The van der Waals surface area contributed by atoms with Crippen LogP contribution in [0.25, 0.3) is 9.39 Å². The van der Waals surface area contributed by atoms with Crippen molar-refractivity contribution in [1.29, 1.82) is 0 Å². The first-order chi connectivity index (χ1) is 12.5. The second-order valence-electron chi connectivity index (χ2n) is 5.55. The normalized spacial score (nSPS) is 12.4. The predicted molar refractivity (Wildman–Crippen MR) is 109 cm³/mol. The van der Waals surface area contributed by atoms with Crippen LogP contribution >= 0.6 is 15.9 Å².